The first-order valence-corrected chi connectivity index (χ1v) is 5.88. The largest absolute Gasteiger partial charge is 0.454 e. The Morgan fingerprint density at radius 1 is 1.16 bits per heavy atom. The SMILES string of the molecule is CNc1nc(C)cc(-c2cc3cc(F)ccc3o2)n1. The molecule has 2 aromatic heterocycles. The summed E-state index contributed by atoms with van der Waals surface area (Å²) in [6.07, 6.45) is 0. The Bertz CT molecular complexity index is 752. The number of nitrogens with one attached hydrogen (secondary N) is 1. The van der Waals surface area contributed by atoms with Gasteiger partial charge < -0.3 is 9.73 Å². The molecule has 3 rings (SSSR count). The minimum Gasteiger partial charge on any atom is -0.454 e. The van der Waals surface area contributed by atoms with Crippen LogP contribution < -0.4 is 5.32 Å². The lowest BCUT2D eigenvalue weighted by Gasteiger charge is -2.02. The molecule has 0 unspecified atom stereocenters. The van der Waals surface area contributed by atoms with Gasteiger partial charge in [-0.3, -0.25) is 0 Å². The summed E-state index contributed by atoms with van der Waals surface area (Å²) in [5.74, 6) is 0.846. The number of anilines is 1. The molecule has 0 aliphatic carbocycles. The first-order chi connectivity index (χ1) is 9.15. The summed E-state index contributed by atoms with van der Waals surface area (Å²) in [7, 11) is 1.76. The standard InChI is InChI=1S/C14H12FN3O/c1-8-5-11(18-14(16-2)17-8)13-7-9-6-10(15)3-4-12(9)19-13/h3-7H,1-2H3,(H,16,17,18). The number of hydrogen-bond donors (Lipinski definition) is 1. The monoisotopic (exact) mass is 257 g/mol. The number of rotatable bonds is 2. The first-order valence-electron chi connectivity index (χ1n) is 5.88. The van der Waals surface area contributed by atoms with Gasteiger partial charge in [-0.05, 0) is 37.3 Å². The molecule has 96 valence electrons. The van der Waals surface area contributed by atoms with Crippen molar-refractivity contribution in [3.05, 3.63) is 41.8 Å². The lowest BCUT2D eigenvalue weighted by molar-refractivity contribution is 0.617. The van der Waals surface area contributed by atoms with E-state index in [1.807, 2.05) is 13.0 Å². The Morgan fingerprint density at radius 2 is 2.00 bits per heavy atom. The molecule has 1 aromatic carbocycles. The highest BCUT2D eigenvalue weighted by atomic mass is 19.1. The summed E-state index contributed by atoms with van der Waals surface area (Å²) in [6, 6.07) is 8.03. The zero-order chi connectivity index (χ0) is 13.4. The van der Waals surface area contributed by atoms with Gasteiger partial charge in [0.2, 0.25) is 5.95 Å². The van der Waals surface area contributed by atoms with Crippen LogP contribution in [0.3, 0.4) is 0 Å². The Morgan fingerprint density at radius 3 is 2.79 bits per heavy atom. The molecule has 0 bridgehead atoms. The maximum absolute atomic E-state index is 13.2. The normalized spacial score (nSPS) is 10.9. The minimum atomic E-state index is -0.283. The van der Waals surface area contributed by atoms with Crippen LogP contribution in [0.2, 0.25) is 0 Å². The molecule has 0 spiro atoms. The Balaban J connectivity index is 2.15. The Labute approximate surface area is 109 Å². The van der Waals surface area contributed by atoms with Gasteiger partial charge in [0.1, 0.15) is 17.1 Å². The van der Waals surface area contributed by atoms with Gasteiger partial charge >= 0.3 is 0 Å². The van der Waals surface area contributed by atoms with E-state index in [2.05, 4.69) is 15.3 Å². The fraction of sp³-hybridized carbons (Fsp3) is 0.143. The summed E-state index contributed by atoms with van der Waals surface area (Å²) in [5.41, 5.74) is 2.15. The predicted molar refractivity (Wildman–Crippen MR) is 71.5 cm³/mol. The predicted octanol–water partition coefficient (Wildman–Crippen LogP) is 3.38. The highest BCUT2D eigenvalue weighted by Crippen LogP contribution is 2.27. The molecule has 0 fully saturated rings. The molecule has 1 N–H and O–H groups in total. The van der Waals surface area contributed by atoms with E-state index in [0.29, 0.717) is 23.0 Å². The number of halogens is 1. The molecule has 3 aromatic rings. The Hall–Kier alpha value is -2.43. The van der Waals surface area contributed by atoms with Gasteiger partial charge in [0.15, 0.2) is 5.76 Å². The van der Waals surface area contributed by atoms with Crippen molar-refractivity contribution in [3.8, 4) is 11.5 Å². The van der Waals surface area contributed by atoms with E-state index >= 15 is 0 Å². The van der Waals surface area contributed by atoms with E-state index in [4.69, 9.17) is 4.42 Å². The number of fused-ring (bicyclic) bond motifs is 1. The third-order valence-corrected chi connectivity index (χ3v) is 2.81. The second-order valence-corrected chi connectivity index (χ2v) is 4.26. The quantitative estimate of drug-likeness (QED) is 0.764. The van der Waals surface area contributed by atoms with Gasteiger partial charge in [0.05, 0.1) is 0 Å². The number of benzene rings is 1. The molecule has 5 heteroatoms. The molecule has 0 radical (unpaired) electrons. The van der Waals surface area contributed by atoms with E-state index in [0.717, 1.165) is 11.1 Å². The summed E-state index contributed by atoms with van der Waals surface area (Å²) in [6.45, 7) is 1.88. The van der Waals surface area contributed by atoms with E-state index in [9.17, 15) is 4.39 Å². The third-order valence-electron chi connectivity index (χ3n) is 2.81. The van der Waals surface area contributed by atoms with Gasteiger partial charge in [0, 0.05) is 18.1 Å². The van der Waals surface area contributed by atoms with Crippen molar-refractivity contribution in [1.29, 1.82) is 0 Å². The van der Waals surface area contributed by atoms with Crippen LogP contribution in [0, 0.1) is 12.7 Å². The summed E-state index contributed by atoms with van der Waals surface area (Å²) in [4.78, 5) is 8.55. The van der Waals surface area contributed by atoms with Crippen molar-refractivity contribution in [2.75, 3.05) is 12.4 Å². The molecule has 4 nitrogen and oxygen atoms in total. The van der Waals surface area contributed by atoms with Gasteiger partial charge in [-0.25, -0.2) is 14.4 Å². The van der Waals surface area contributed by atoms with Gasteiger partial charge in [-0.2, -0.15) is 0 Å². The molecule has 0 amide bonds. The van der Waals surface area contributed by atoms with Crippen LogP contribution in [0.4, 0.5) is 10.3 Å². The van der Waals surface area contributed by atoms with Gasteiger partial charge in [-0.1, -0.05) is 0 Å². The summed E-state index contributed by atoms with van der Waals surface area (Å²) in [5, 5.41) is 3.62. The fourth-order valence-electron chi connectivity index (χ4n) is 1.95. The van der Waals surface area contributed by atoms with Crippen LogP contribution >= 0.6 is 0 Å². The number of aromatic nitrogens is 2. The number of furan rings is 1. The second-order valence-electron chi connectivity index (χ2n) is 4.26. The minimum absolute atomic E-state index is 0.283. The van der Waals surface area contributed by atoms with E-state index < -0.39 is 0 Å². The summed E-state index contributed by atoms with van der Waals surface area (Å²) >= 11 is 0. The van der Waals surface area contributed by atoms with Gasteiger partial charge in [0.25, 0.3) is 0 Å². The highest BCUT2D eigenvalue weighted by molar-refractivity contribution is 5.82. The highest BCUT2D eigenvalue weighted by Gasteiger charge is 2.10. The van der Waals surface area contributed by atoms with Crippen molar-refractivity contribution in [3.63, 3.8) is 0 Å². The zero-order valence-corrected chi connectivity index (χ0v) is 10.6. The molecule has 2 heterocycles. The van der Waals surface area contributed by atoms with Crippen molar-refractivity contribution < 1.29 is 8.81 Å². The van der Waals surface area contributed by atoms with Gasteiger partial charge in [-0.15, -0.1) is 0 Å². The third kappa shape index (κ3) is 2.14. The average Bonchev–Trinajstić information content (AvgIpc) is 2.80. The zero-order valence-electron chi connectivity index (χ0n) is 10.6. The van der Waals surface area contributed by atoms with Crippen LogP contribution in [0.25, 0.3) is 22.4 Å². The molecule has 19 heavy (non-hydrogen) atoms. The molecular formula is C14H12FN3O. The van der Waals surface area contributed by atoms with Crippen molar-refractivity contribution in [2.24, 2.45) is 0 Å². The van der Waals surface area contributed by atoms with E-state index in [-0.39, 0.29) is 5.82 Å². The fourth-order valence-corrected chi connectivity index (χ4v) is 1.95. The lowest BCUT2D eigenvalue weighted by atomic mass is 10.2. The van der Waals surface area contributed by atoms with E-state index in [1.165, 1.54) is 12.1 Å². The Kier molecular flexibility index (Phi) is 2.67. The topological polar surface area (TPSA) is 51.0 Å². The maximum atomic E-state index is 13.2. The molecule has 0 saturated carbocycles. The molecule has 0 aliphatic heterocycles. The van der Waals surface area contributed by atoms with Crippen LogP contribution in [-0.4, -0.2) is 17.0 Å². The van der Waals surface area contributed by atoms with Crippen molar-refractivity contribution in [1.82, 2.24) is 9.97 Å². The first kappa shape index (κ1) is 11.6. The van der Waals surface area contributed by atoms with Crippen molar-refractivity contribution >= 4 is 16.9 Å². The van der Waals surface area contributed by atoms with Crippen LogP contribution in [0.5, 0.6) is 0 Å². The smallest absolute Gasteiger partial charge is 0.223 e. The number of hydrogen-bond acceptors (Lipinski definition) is 4. The number of nitrogens with zero attached hydrogens (tertiary/aromatic N) is 2. The lowest BCUT2D eigenvalue weighted by Crippen LogP contribution is -1.98. The van der Waals surface area contributed by atoms with Crippen LogP contribution in [-0.2, 0) is 0 Å². The molecule has 0 aliphatic rings. The maximum Gasteiger partial charge on any atom is 0.223 e. The second kappa shape index (κ2) is 4.35. The van der Waals surface area contributed by atoms with E-state index in [1.54, 1.807) is 19.2 Å². The number of aryl methyl sites for hydroxylation is 1. The average molecular weight is 257 g/mol. The molecule has 0 saturated heterocycles. The molecular weight excluding hydrogens is 245 g/mol. The van der Waals surface area contributed by atoms with Crippen molar-refractivity contribution in [2.45, 2.75) is 6.92 Å². The van der Waals surface area contributed by atoms with Crippen LogP contribution in [0.1, 0.15) is 5.69 Å². The van der Waals surface area contributed by atoms with Crippen LogP contribution in [0.15, 0.2) is 34.7 Å². The molecule has 0 atom stereocenters. The summed E-state index contributed by atoms with van der Waals surface area (Å²) < 4.78 is 18.8.